The molecule has 0 radical (unpaired) electrons. The average Bonchev–Trinajstić information content (AvgIpc) is 3.08. The van der Waals surface area contributed by atoms with Gasteiger partial charge in [0.05, 0.1) is 16.2 Å². The predicted molar refractivity (Wildman–Crippen MR) is 127 cm³/mol. The molecule has 2 N–H and O–H groups in total. The fourth-order valence-corrected chi connectivity index (χ4v) is 3.72. The lowest BCUT2D eigenvalue weighted by atomic mass is 9.99. The van der Waals surface area contributed by atoms with Crippen LogP contribution in [0.4, 0.5) is 17.1 Å². The molecule has 0 saturated heterocycles. The van der Waals surface area contributed by atoms with Crippen molar-refractivity contribution in [3.63, 3.8) is 0 Å². The Morgan fingerprint density at radius 2 is 1.72 bits per heavy atom. The molecule has 0 atom stereocenters. The van der Waals surface area contributed by atoms with Gasteiger partial charge in [-0.15, -0.1) is 0 Å². The Morgan fingerprint density at radius 3 is 2.34 bits per heavy atom. The standard InChI is InChI=1S/C25H24N4O3/c1-16-4-8-18(9-5-16)24(26-19-10-6-17(7-11-19)15-28(2)3)23-21-14-20(29(31)32)12-13-22(21)27-25(23)30/h4-14,26H,15H2,1-3H3,(H,27,30). The number of aryl methyl sites for hydroxylation is 1. The normalized spacial score (nSPS) is 14.2. The molecular weight excluding hydrogens is 404 g/mol. The van der Waals surface area contributed by atoms with E-state index in [-0.39, 0.29) is 11.6 Å². The number of rotatable bonds is 6. The molecule has 1 amide bonds. The van der Waals surface area contributed by atoms with Crippen molar-refractivity contribution < 1.29 is 9.72 Å². The summed E-state index contributed by atoms with van der Waals surface area (Å²) < 4.78 is 0. The number of nitrogens with one attached hydrogen (secondary N) is 2. The first kappa shape index (κ1) is 21.3. The topological polar surface area (TPSA) is 87.5 Å². The van der Waals surface area contributed by atoms with Crippen LogP contribution in [0.15, 0.2) is 66.7 Å². The van der Waals surface area contributed by atoms with Crippen molar-refractivity contribution in [2.45, 2.75) is 13.5 Å². The van der Waals surface area contributed by atoms with Crippen molar-refractivity contribution in [1.29, 1.82) is 0 Å². The largest absolute Gasteiger partial charge is 0.354 e. The maximum atomic E-state index is 13.0. The molecule has 0 aromatic heterocycles. The lowest BCUT2D eigenvalue weighted by Gasteiger charge is -2.16. The molecule has 32 heavy (non-hydrogen) atoms. The van der Waals surface area contributed by atoms with Crippen LogP contribution in [0.2, 0.25) is 0 Å². The number of fused-ring (bicyclic) bond motifs is 1. The summed E-state index contributed by atoms with van der Waals surface area (Å²) >= 11 is 0. The maximum absolute atomic E-state index is 13.0. The lowest BCUT2D eigenvalue weighted by molar-refractivity contribution is -0.384. The zero-order valence-electron chi connectivity index (χ0n) is 18.2. The summed E-state index contributed by atoms with van der Waals surface area (Å²) in [6.45, 7) is 2.82. The summed E-state index contributed by atoms with van der Waals surface area (Å²) in [5.74, 6) is -0.298. The van der Waals surface area contributed by atoms with Crippen molar-refractivity contribution in [3.05, 3.63) is 99.1 Å². The van der Waals surface area contributed by atoms with E-state index in [1.54, 1.807) is 6.07 Å². The second-order valence-corrected chi connectivity index (χ2v) is 8.12. The molecule has 0 spiro atoms. The van der Waals surface area contributed by atoms with E-state index in [0.29, 0.717) is 22.5 Å². The van der Waals surface area contributed by atoms with E-state index in [2.05, 4.69) is 15.5 Å². The lowest BCUT2D eigenvalue weighted by Crippen LogP contribution is -2.11. The monoisotopic (exact) mass is 428 g/mol. The second-order valence-electron chi connectivity index (χ2n) is 8.12. The second kappa shape index (κ2) is 8.64. The minimum atomic E-state index is -0.455. The Labute approximate surface area is 186 Å². The summed E-state index contributed by atoms with van der Waals surface area (Å²) in [7, 11) is 4.03. The van der Waals surface area contributed by atoms with Crippen LogP contribution in [-0.2, 0) is 11.3 Å². The van der Waals surface area contributed by atoms with E-state index in [9.17, 15) is 14.9 Å². The number of amides is 1. The van der Waals surface area contributed by atoms with E-state index < -0.39 is 4.92 Å². The van der Waals surface area contributed by atoms with Gasteiger partial charge < -0.3 is 15.5 Å². The van der Waals surface area contributed by atoms with Crippen LogP contribution in [-0.4, -0.2) is 29.8 Å². The molecule has 3 aromatic rings. The van der Waals surface area contributed by atoms with Gasteiger partial charge in [0, 0.05) is 35.6 Å². The first-order chi connectivity index (χ1) is 15.3. The molecule has 7 nitrogen and oxygen atoms in total. The third-order valence-electron chi connectivity index (χ3n) is 5.27. The Morgan fingerprint density at radius 1 is 1.03 bits per heavy atom. The zero-order valence-corrected chi connectivity index (χ0v) is 18.2. The number of nitro benzene ring substituents is 1. The van der Waals surface area contributed by atoms with Crippen molar-refractivity contribution in [1.82, 2.24) is 4.90 Å². The van der Waals surface area contributed by atoms with E-state index in [4.69, 9.17) is 0 Å². The zero-order chi connectivity index (χ0) is 22.8. The Balaban J connectivity index is 1.83. The molecule has 0 unspecified atom stereocenters. The van der Waals surface area contributed by atoms with Crippen LogP contribution in [0.5, 0.6) is 0 Å². The molecule has 0 saturated carbocycles. The predicted octanol–water partition coefficient (Wildman–Crippen LogP) is 4.90. The van der Waals surface area contributed by atoms with Gasteiger partial charge in [0.25, 0.3) is 11.6 Å². The van der Waals surface area contributed by atoms with E-state index in [1.165, 1.54) is 17.7 Å². The highest BCUT2D eigenvalue weighted by Crippen LogP contribution is 2.39. The fourth-order valence-electron chi connectivity index (χ4n) is 3.72. The first-order valence-electron chi connectivity index (χ1n) is 10.2. The molecule has 4 rings (SSSR count). The fraction of sp³-hybridized carbons (Fsp3) is 0.160. The quantitative estimate of drug-likeness (QED) is 0.331. The molecular formula is C25H24N4O3. The molecule has 0 fully saturated rings. The van der Waals surface area contributed by atoms with Crippen molar-refractivity contribution in [3.8, 4) is 0 Å². The number of hydrogen-bond donors (Lipinski definition) is 2. The Hall–Kier alpha value is -3.97. The highest BCUT2D eigenvalue weighted by Gasteiger charge is 2.30. The smallest absolute Gasteiger partial charge is 0.270 e. The molecule has 1 aliphatic rings. The maximum Gasteiger partial charge on any atom is 0.270 e. The minimum absolute atomic E-state index is 0.0611. The molecule has 3 aromatic carbocycles. The average molecular weight is 428 g/mol. The Bertz CT molecular complexity index is 1210. The van der Waals surface area contributed by atoms with Crippen LogP contribution in [0.3, 0.4) is 0 Å². The van der Waals surface area contributed by atoms with Crippen molar-refractivity contribution >= 4 is 34.2 Å². The third kappa shape index (κ3) is 4.38. The summed E-state index contributed by atoms with van der Waals surface area (Å²) in [5.41, 5.74) is 5.89. The summed E-state index contributed by atoms with van der Waals surface area (Å²) in [6.07, 6.45) is 0. The van der Waals surface area contributed by atoms with Crippen LogP contribution < -0.4 is 10.6 Å². The van der Waals surface area contributed by atoms with Gasteiger partial charge >= 0.3 is 0 Å². The highest BCUT2D eigenvalue weighted by molar-refractivity contribution is 6.37. The van der Waals surface area contributed by atoms with E-state index in [1.807, 2.05) is 69.6 Å². The molecule has 0 bridgehead atoms. The molecule has 162 valence electrons. The first-order valence-corrected chi connectivity index (χ1v) is 10.2. The molecule has 1 aliphatic heterocycles. The SMILES string of the molecule is Cc1ccc(C(Nc2ccc(CN(C)C)cc2)=C2C(=O)Nc3ccc([N+](=O)[O-])cc32)cc1. The van der Waals surface area contributed by atoms with Gasteiger partial charge in [0.2, 0.25) is 0 Å². The Kier molecular flexibility index (Phi) is 5.75. The van der Waals surface area contributed by atoms with Crippen LogP contribution in [0.1, 0.15) is 22.3 Å². The number of hydrogen-bond acceptors (Lipinski definition) is 5. The number of non-ortho nitro benzene ring substituents is 1. The number of carbonyl (C=O) groups is 1. The number of carbonyl (C=O) groups excluding carboxylic acids is 1. The summed E-state index contributed by atoms with van der Waals surface area (Å²) in [6, 6.07) is 20.2. The molecule has 1 heterocycles. The van der Waals surface area contributed by atoms with Gasteiger partial charge in [-0.3, -0.25) is 14.9 Å². The summed E-state index contributed by atoms with van der Waals surface area (Å²) in [5, 5.41) is 17.6. The van der Waals surface area contributed by atoms with Crippen LogP contribution in [0, 0.1) is 17.0 Å². The highest BCUT2D eigenvalue weighted by atomic mass is 16.6. The minimum Gasteiger partial charge on any atom is -0.354 e. The van der Waals surface area contributed by atoms with Gasteiger partial charge in [0.1, 0.15) is 0 Å². The van der Waals surface area contributed by atoms with Crippen LogP contribution >= 0.6 is 0 Å². The molecule has 0 aliphatic carbocycles. The number of nitrogens with zero attached hydrogens (tertiary/aromatic N) is 2. The number of benzene rings is 3. The van der Waals surface area contributed by atoms with Gasteiger partial charge in [-0.1, -0.05) is 42.0 Å². The van der Waals surface area contributed by atoms with Gasteiger partial charge in [-0.25, -0.2) is 0 Å². The number of nitro groups is 1. The third-order valence-corrected chi connectivity index (χ3v) is 5.27. The van der Waals surface area contributed by atoms with E-state index in [0.717, 1.165) is 23.4 Å². The van der Waals surface area contributed by atoms with Gasteiger partial charge in [-0.2, -0.15) is 0 Å². The van der Waals surface area contributed by atoms with E-state index >= 15 is 0 Å². The van der Waals surface area contributed by atoms with Crippen LogP contribution in [0.25, 0.3) is 11.3 Å². The van der Waals surface area contributed by atoms with Gasteiger partial charge in [0.15, 0.2) is 0 Å². The number of anilines is 2. The van der Waals surface area contributed by atoms with Gasteiger partial charge in [-0.05, 0) is 50.3 Å². The van der Waals surface area contributed by atoms with Crippen molar-refractivity contribution in [2.75, 3.05) is 24.7 Å². The summed E-state index contributed by atoms with van der Waals surface area (Å²) in [4.78, 5) is 25.9. The van der Waals surface area contributed by atoms with Crippen molar-refractivity contribution in [2.24, 2.45) is 0 Å². The molecule has 7 heteroatoms.